The number of anilines is 2. The van der Waals surface area contributed by atoms with Gasteiger partial charge in [0.15, 0.2) is 0 Å². The summed E-state index contributed by atoms with van der Waals surface area (Å²) in [5.41, 5.74) is 2.66. The van der Waals surface area contributed by atoms with Crippen LogP contribution in [0.4, 0.5) is 11.4 Å². The summed E-state index contributed by atoms with van der Waals surface area (Å²) in [5.74, 6) is -0.248. The third kappa shape index (κ3) is 4.63. The average molecular weight is 427 g/mol. The number of sulfonamides is 1. The Morgan fingerprint density at radius 2 is 1.55 bits per heavy atom. The van der Waals surface area contributed by atoms with Gasteiger partial charge in [-0.25, -0.2) is 8.42 Å². The van der Waals surface area contributed by atoms with Crippen LogP contribution in [0.2, 0.25) is 0 Å². The lowest BCUT2D eigenvalue weighted by Gasteiger charge is -2.20. The quantitative estimate of drug-likeness (QED) is 0.575. The van der Waals surface area contributed by atoms with Crippen molar-refractivity contribution >= 4 is 39.1 Å². The van der Waals surface area contributed by atoms with Crippen molar-refractivity contribution in [2.75, 3.05) is 22.9 Å². The van der Waals surface area contributed by atoms with Gasteiger partial charge in [0.05, 0.1) is 16.3 Å². The van der Waals surface area contributed by atoms with Gasteiger partial charge in [-0.3, -0.25) is 9.10 Å². The lowest BCUT2D eigenvalue weighted by Crippen LogP contribution is -2.26. The summed E-state index contributed by atoms with van der Waals surface area (Å²) < 4.78 is 26.8. The second kappa shape index (κ2) is 8.71. The summed E-state index contributed by atoms with van der Waals surface area (Å²) in [5, 5.41) is 2.90. The number of carbonyl (C=O) groups excluding carboxylic acids is 1. The first kappa shape index (κ1) is 21.0. The molecular weight excluding hydrogens is 404 g/mol. The zero-order valence-electron chi connectivity index (χ0n) is 16.4. The molecule has 0 aliphatic rings. The van der Waals surface area contributed by atoms with Gasteiger partial charge in [-0.1, -0.05) is 29.8 Å². The van der Waals surface area contributed by atoms with E-state index in [0.717, 1.165) is 16.1 Å². The van der Waals surface area contributed by atoms with Crippen molar-refractivity contribution in [3.8, 4) is 0 Å². The van der Waals surface area contributed by atoms with E-state index >= 15 is 0 Å². The Bertz CT molecular complexity index is 1110. The van der Waals surface area contributed by atoms with Gasteiger partial charge in [-0.15, -0.1) is 11.8 Å². The number of para-hydroxylation sites is 1. The van der Waals surface area contributed by atoms with Gasteiger partial charge in [0, 0.05) is 17.5 Å². The minimum absolute atomic E-state index is 0.223. The van der Waals surface area contributed by atoms with Crippen molar-refractivity contribution in [3.05, 3.63) is 83.9 Å². The highest BCUT2D eigenvalue weighted by Crippen LogP contribution is 2.26. The molecule has 0 bridgehead atoms. The zero-order valence-corrected chi connectivity index (χ0v) is 18.0. The first-order valence-corrected chi connectivity index (χ1v) is 11.6. The molecule has 0 aromatic heterocycles. The van der Waals surface area contributed by atoms with Crippen molar-refractivity contribution < 1.29 is 13.2 Å². The maximum atomic E-state index is 12.8. The minimum atomic E-state index is -3.67. The monoisotopic (exact) mass is 426 g/mol. The van der Waals surface area contributed by atoms with Crippen LogP contribution in [0.15, 0.2) is 82.6 Å². The van der Waals surface area contributed by atoms with Crippen molar-refractivity contribution in [1.82, 2.24) is 0 Å². The van der Waals surface area contributed by atoms with Gasteiger partial charge in [-0.05, 0) is 61.7 Å². The maximum Gasteiger partial charge on any atom is 0.264 e. The van der Waals surface area contributed by atoms with E-state index in [4.69, 9.17) is 0 Å². The summed E-state index contributed by atoms with van der Waals surface area (Å²) in [7, 11) is -2.17. The lowest BCUT2D eigenvalue weighted by molar-refractivity contribution is 0.102. The molecule has 0 saturated carbocycles. The molecule has 0 radical (unpaired) electrons. The Labute approximate surface area is 175 Å². The van der Waals surface area contributed by atoms with Crippen molar-refractivity contribution in [2.45, 2.75) is 16.7 Å². The minimum Gasteiger partial charge on any atom is -0.321 e. The fourth-order valence-corrected chi connectivity index (χ4v) is 4.52. The number of nitrogens with one attached hydrogen (secondary N) is 1. The summed E-state index contributed by atoms with van der Waals surface area (Å²) in [4.78, 5) is 13.8. The Morgan fingerprint density at radius 3 is 2.17 bits per heavy atom. The van der Waals surface area contributed by atoms with E-state index in [1.54, 1.807) is 60.3 Å². The number of aryl methyl sites for hydroxylation is 1. The SMILES string of the molecule is CSc1ccccc1NC(=O)c1ccc(N(C)S(=O)(=O)c2ccc(C)cc2)cc1. The smallest absolute Gasteiger partial charge is 0.264 e. The number of rotatable bonds is 6. The van der Waals surface area contributed by atoms with Crippen molar-refractivity contribution in [1.29, 1.82) is 0 Å². The largest absolute Gasteiger partial charge is 0.321 e. The highest BCUT2D eigenvalue weighted by Gasteiger charge is 2.21. The topological polar surface area (TPSA) is 66.5 Å². The number of thioether (sulfide) groups is 1. The van der Waals surface area contributed by atoms with Gasteiger partial charge in [0.1, 0.15) is 0 Å². The predicted octanol–water partition coefficient (Wildman–Crippen LogP) is 4.79. The molecule has 3 aromatic rings. The number of benzene rings is 3. The molecule has 7 heteroatoms. The molecule has 1 N–H and O–H groups in total. The molecule has 0 heterocycles. The molecule has 1 amide bonds. The standard InChI is InChI=1S/C22H22N2O3S2/c1-16-8-14-19(15-9-16)29(26,27)24(2)18-12-10-17(11-13-18)22(25)23-20-6-4-5-7-21(20)28-3/h4-15H,1-3H3,(H,23,25). The van der Waals surface area contributed by atoms with E-state index < -0.39 is 10.0 Å². The molecule has 29 heavy (non-hydrogen) atoms. The average Bonchev–Trinajstić information content (AvgIpc) is 2.74. The van der Waals surface area contributed by atoms with E-state index in [0.29, 0.717) is 11.3 Å². The molecule has 0 aliphatic heterocycles. The number of hydrogen-bond donors (Lipinski definition) is 1. The highest BCUT2D eigenvalue weighted by molar-refractivity contribution is 7.98. The number of amides is 1. The normalized spacial score (nSPS) is 11.1. The van der Waals surface area contributed by atoms with Crippen LogP contribution in [0.3, 0.4) is 0 Å². The summed E-state index contributed by atoms with van der Waals surface area (Å²) in [6, 6.07) is 20.8. The molecule has 3 rings (SSSR count). The summed E-state index contributed by atoms with van der Waals surface area (Å²) in [6.45, 7) is 1.90. The van der Waals surface area contributed by atoms with E-state index in [2.05, 4.69) is 5.32 Å². The summed E-state index contributed by atoms with van der Waals surface area (Å²) >= 11 is 1.55. The van der Waals surface area contributed by atoms with Crippen LogP contribution < -0.4 is 9.62 Å². The van der Waals surface area contributed by atoms with Gasteiger partial charge >= 0.3 is 0 Å². The third-order valence-corrected chi connectivity index (χ3v) is 7.12. The molecular formula is C22H22N2O3S2. The molecule has 0 unspecified atom stereocenters. The molecule has 0 fully saturated rings. The second-order valence-corrected chi connectivity index (χ2v) is 9.30. The fourth-order valence-electron chi connectivity index (χ4n) is 2.77. The van der Waals surface area contributed by atoms with Crippen LogP contribution in [0, 0.1) is 6.92 Å². The molecule has 0 atom stereocenters. The van der Waals surface area contributed by atoms with E-state index in [1.165, 1.54) is 11.4 Å². The van der Waals surface area contributed by atoms with Gasteiger partial charge < -0.3 is 5.32 Å². The second-order valence-electron chi connectivity index (χ2n) is 6.49. The summed E-state index contributed by atoms with van der Waals surface area (Å²) in [6.07, 6.45) is 1.95. The zero-order chi connectivity index (χ0) is 21.0. The molecule has 5 nitrogen and oxygen atoms in total. The number of nitrogens with zero attached hydrogens (tertiary/aromatic N) is 1. The molecule has 3 aromatic carbocycles. The first-order chi connectivity index (χ1) is 13.8. The fraction of sp³-hybridized carbons (Fsp3) is 0.136. The van der Waals surface area contributed by atoms with Crippen LogP contribution in [0.1, 0.15) is 15.9 Å². The number of carbonyl (C=O) groups is 1. The van der Waals surface area contributed by atoms with Gasteiger partial charge in [0.2, 0.25) is 0 Å². The first-order valence-electron chi connectivity index (χ1n) is 8.93. The van der Waals surface area contributed by atoms with E-state index in [9.17, 15) is 13.2 Å². The highest BCUT2D eigenvalue weighted by atomic mass is 32.2. The third-order valence-electron chi connectivity index (χ3n) is 4.53. The van der Waals surface area contributed by atoms with Crippen LogP contribution >= 0.6 is 11.8 Å². The molecule has 0 spiro atoms. The van der Waals surface area contributed by atoms with E-state index in [1.807, 2.05) is 37.4 Å². The molecule has 0 saturated heterocycles. The van der Waals surface area contributed by atoms with Crippen LogP contribution in [0.25, 0.3) is 0 Å². The Kier molecular flexibility index (Phi) is 6.30. The molecule has 0 aliphatic carbocycles. The van der Waals surface area contributed by atoms with Crippen LogP contribution in [-0.4, -0.2) is 27.6 Å². The Morgan fingerprint density at radius 1 is 0.931 bits per heavy atom. The Hall–Kier alpha value is -2.77. The number of hydrogen-bond acceptors (Lipinski definition) is 4. The molecule has 150 valence electrons. The Balaban J connectivity index is 1.78. The van der Waals surface area contributed by atoms with Crippen molar-refractivity contribution in [3.63, 3.8) is 0 Å². The van der Waals surface area contributed by atoms with Crippen LogP contribution in [0.5, 0.6) is 0 Å². The maximum absolute atomic E-state index is 12.8. The van der Waals surface area contributed by atoms with Crippen molar-refractivity contribution in [2.24, 2.45) is 0 Å². The predicted molar refractivity (Wildman–Crippen MR) is 119 cm³/mol. The van der Waals surface area contributed by atoms with Gasteiger partial charge in [-0.2, -0.15) is 0 Å². The van der Waals surface area contributed by atoms with Gasteiger partial charge in [0.25, 0.3) is 15.9 Å². The van der Waals surface area contributed by atoms with E-state index in [-0.39, 0.29) is 10.8 Å². The van der Waals surface area contributed by atoms with Crippen LogP contribution in [-0.2, 0) is 10.0 Å². The lowest BCUT2D eigenvalue weighted by atomic mass is 10.2.